The number of hydrogen-bond acceptors (Lipinski definition) is 6. The van der Waals surface area contributed by atoms with E-state index in [-0.39, 0.29) is 0 Å². The molecule has 0 unspecified atom stereocenters. The number of pyridine rings is 1. The Balaban J connectivity index is 1.36. The lowest BCUT2D eigenvalue weighted by Gasteiger charge is -2.33. The van der Waals surface area contributed by atoms with Crippen LogP contribution in [0.1, 0.15) is 43.7 Å². The number of nitrogens with one attached hydrogen (secondary N) is 1. The standard InChI is InChI=1S/C26H36N4O2S2/c1-3-4-5-6-7-21-8-10-22(11-9-21)12-15-28-34(31,32)25-20-23-24(33-25)13-14-27-26(23)30-18-16-29(2)17-19-30/h8-11,13-14,20,28H,3-7,12,15-19H2,1-2H3. The lowest BCUT2D eigenvalue weighted by Crippen LogP contribution is -2.44. The van der Waals surface area contributed by atoms with Crippen molar-refractivity contribution in [2.24, 2.45) is 0 Å². The second-order valence-electron chi connectivity index (χ2n) is 9.18. The summed E-state index contributed by atoms with van der Waals surface area (Å²) in [6.07, 6.45) is 8.64. The number of hydrogen-bond donors (Lipinski definition) is 1. The van der Waals surface area contributed by atoms with Gasteiger partial charge in [0.25, 0.3) is 0 Å². The highest BCUT2D eigenvalue weighted by Gasteiger charge is 2.22. The normalized spacial score (nSPS) is 15.3. The minimum atomic E-state index is -3.56. The summed E-state index contributed by atoms with van der Waals surface area (Å²) in [6.45, 7) is 6.37. The zero-order valence-electron chi connectivity index (χ0n) is 20.3. The maximum absolute atomic E-state index is 13.0. The van der Waals surface area contributed by atoms with Gasteiger partial charge in [0.15, 0.2) is 0 Å². The van der Waals surface area contributed by atoms with Gasteiger partial charge in [-0.1, -0.05) is 50.5 Å². The Labute approximate surface area is 208 Å². The van der Waals surface area contributed by atoms with Crippen molar-refractivity contribution in [3.8, 4) is 0 Å². The number of benzene rings is 1. The summed E-state index contributed by atoms with van der Waals surface area (Å²) < 4.78 is 30.1. The number of aromatic nitrogens is 1. The maximum atomic E-state index is 13.0. The van der Waals surface area contributed by atoms with Crippen molar-refractivity contribution in [2.45, 2.75) is 49.7 Å². The molecule has 0 radical (unpaired) electrons. The lowest BCUT2D eigenvalue weighted by molar-refractivity contribution is 0.312. The van der Waals surface area contributed by atoms with Gasteiger partial charge in [0.1, 0.15) is 10.0 Å². The van der Waals surface area contributed by atoms with E-state index < -0.39 is 10.0 Å². The van der Waals surface area contributed by atoms with Crippen LogP contribution in [-0.4, -0.2) is 58.1 Å². The van der Waals surface area contributed by atoms with Gasteiger partial charge in [0, 0.05) is 49.0 Å². The quantitative estimate of drug-likeness (QED) is 0.387. The highest BCUT2D eigenvalue weighted by molar-refractivity contribution is 7.91. The molecule has 3 heterocycles. The molecule has 1 fully saturated rings. The third kappa shape index (κ3) is 6.36. The number of fused-ring (bicyclic) bond motifs is 1. The number of aryl methyl sites for hydroxylation is 1. The van der Waals surface area contributed by atoms with E-state index in [1.165, 1.54) is 42.6 Å². The second-order valence-corrected chi connectivity index (χ2v) is 12.3. The Morgan fingerprint density at radius 1 is 0.971 bits per heavy atom. The SMILES string of the molecule is CCCCCCc1ccc(CCNS(=O)(=O)c2cc3c(N4CCN(C)CC4)nccc3s2)cc1. The van der Waals surface area contributed by atoms with Crippen molar-refractivity contribution < 1.29 is 8.42 Å². The van der Waals surface area contributed by atoms with E-state index in [0.29, 0.717) is 17.2 Å². The first kappa shape index (κ1) is 25.1. The molecule has 0 atom stereocenters. The van der Waals surface area contributed by atoms with Crippen LogP contribution in [0.25, 0.3) is 10.1 Å². The number of anilines is 1. The molecule has 0 aliphatic carbocycles. The Bertz CT molecular complexity index is 1170. The molecule has 1 N–H and O–H groups in total. The minimum absolute atomic E-state index is 0.355. The smallest absolute Gasteiger partial charge is 0.250 e. The van der Waals surface area contributed by atoms with E-state index in [1.54, 1.807) is 12.3 Å². The third-order valence-electron chi connectivity index (χ3n) is 6.52. The van der Waals surface area contributed by atoms with Gasteiger partial charge in [-0.05, 0) is 49.6 Å². The average Bonchev–Trinajstić information content (AvgIpc) is 3.29. The Hall–Kier alpha value is -2.00. The van der Waals surface area contributed by atoms with Crippen molar-refractivity contribution in [1.82, 2.24) is 14.6 Å². The van der Waals surface area contributed by atoms with Crippen LogP contribution in [0.4, 0.5) is 5.82 Å². The molecule has 1 saturated heterocycles. The van der Waals surface area contributed by atoms with Crippen molar-refractivity contribution >= 4 is 37.3 Å². The number of sulfonamides is 1. The fourth-order valence-corrected chi connectivity index (χ4v) is 6.81. The molecule has 1 aliphatic rings. The van der Waals surface area contributed by atoms with Gasteiger partial charge in [-0.2, -0.15) is 0 Å². The van der Waals surface area contributed by atoms with Crippen molar-refractivity contribution in [1.29, 1.82) is 0 Å². The summed E-state index contributed by atoms with van der Waals surface area (Å²) in [6, 6.07) is 12.3. The molecule has 8 heteroatoms. The molecule has 0 saturated carbocycles. The van der Waals surface area contributed by atoms with E-state index in [2.05, 4.69) is 57.7 Å². The molecule has 2 aromatic heterocycles. The molecule has 3 aromatic rings. The number of unbranched alkanes of at least 4 members (excludes halogenated alkanes) is 3. The van der Waals surface area contributed by atoms with Crippen molar-refractivity contribution in [2.75, 3.05) is 44.7 Å². The highest BCUT2D eigenvalue weighted by atomic mass is 32.2. The fraction of sp³-hybridized carbons (Fsp3) is 0.500. The second kappa shape index (κ2) is 11.6. The number of piperazine rings is 1. The molecular formula is C26H36N4O2S2. The number of nitrogens with zero attached hydrogens (tertiary/aromatic N) is 3. The van der Waals surface area contributed by atoms with Gasteiger partial charge in [0.05, 0.1) is 0 Å². The molecule has 6 nitrogen and oxygen atoms in total. The van der Waals surface area contributed by atoms with Crippen LogP contribution in [0.2, 0.25) is 0 Å². The van der Waals surface area contributed by atoms with Gasteiger partial charge in [-0.15, -0.1) is 11.3 Å². The molecular weight excluding hydrogens is 464 g/mol. The van der Waals surface area contributed by atoms with Gasteiger partial charge >= 0.3 is 0 Å². The third-order valence-corrected chi connectivity index (χ3v) is 9.55. The average molecular weight is 501 g/mol. The number of likely N-dealkylation sites (N-methyl/N-ethyl adjacent to an activating group) is 1. The van der Waals surface area contributed by atoms with E-state index in [4.69, 9.17) is 0 Å². The zero-order valence-corrected chi connectivity index (χ0v) is 21.9. The molecule has 0 amide bonds. The van der Waals surface area contributed by atoms with Gasteiger partial charge in [-0.3, -0.25) is 0 Å². The highest BCUT2D eigenvalue weighted by Crippen LogP contribution is 2.34. The van der Waals surface area contributed by atoms with E-state index in [0.717, 1.165) is 54.1 Å². The summed E-state index contributed by atoms with van der Waals surface area (Å²) in [5.74, 6) is 0.887. The van der Waals surface area contributed by atoms with E-state index in [1.807, 2.05) is 6.07 Å². The predicted molar refractivity (Wildman–Crippen MR) is 143 cm³/mol. The Morgan fingerprint density at radius 2 is 1.68 bits per heavy atom. The fourth-order valence-electron chi connectivity index (χ4n) is 4.36. The van der Waals surface area contributed by atoms with Gasteiger partial charge in [0.2, 0.25) is 10.0 Å². The first-order valence-corrected chi connectivity index (χ1v) is 14.7. The first-order valence-electron chi connectivity index (χ1n) is 12.4. The van der Waals surface area contributed by atoms with Crippen LogP contribution in [0.15, 0.2) is 46.8 Å². The summed E-state index contributed by atoms with van der Waals surface area (Å²) in [5.41, 5.74) is 2.51. The van der Waals surface area contributed by atoms with Crippen LogP contribution in [0.3, 0.4) is 0 Å². The first-order chi connectivity index (χ1) is 16.5. The zero-order chi connectivity index (χ0) is 24.0. The molecule has 0 bridgehead atoms. The van der Waals surface area contributed by atoms with Crippen LogP contribution >= 0.6 is 11.3 Å². The predicted octanol–water partition coefficient (Wildman–Crippen LogP) is 4.69. The summed E-state index contributed by atoms with van der Waals surface area (Å²) in [5, 5.41) is 0.923. The molecule has 0 spiro atoms. The maximum Gasteiger partial charge on any atom is 0.250 e. The molecule has 184 valence electrons. The Morgan fingerprint density at radius 3 is 2.38 bits per heavy atom. The summed E-state index contributed by atoms with van der Waals surface area (Å²) in [7, 11) is -1.44. The van der Waals surface area contributed by atoms with E-state index in [9.17, 15) is 8.42 Å². The van der Waals surface area contributed by atoms with Crippen LogP contribution in [-0.2, 0) is 22.9 Å². The molecule has 4 rings (SSSR count). The summed E-state index contributed by atoms with van der Waals surface area (Å²) in [4.78, 5) is 9.14. The van der Waals surface area contributed by atoms with Crippen LogP contribution in [0, 0.1) is 0 Å². The minimum Gasteiger partial charge on any atom is -0.354 e. The summed E-state index contributed by atoms with van der Waals surface area (Å²) >= 11 is 1.31. The largest absolute Gasteiger partial charge is 0.354 e. The number of thiophene rings is 1. The van der Waals surface area contributed by atoms with Crippen LogP contribution < -0.4 is 9.62 Å². The topological polar surface area (TPSA) is 65.5 Å². The Kier molecular flexibility index (Phi) is 8.58. The monoisotopic (exact) mass is 500 g/mol. The molecule has 1 aromatic carbocycles. The molecule has 1 aliphatic heterocycles. The van der Waals surface area contributed by atoms with Crippen molar-refractivity contribution in [3.63, 3.8) is 0 Å². The lowest BCUT2D eigenvalue weighted by atomic mass is 10.0. The van der Waals surface area contributed by atoms with Gasteiger partial charge in [-0.25, -0.2) is 18.1 Å². The van der Waals surface area contributed by atoms with E-state index >= 15 is 0 Å². The van der Waals surface area contributed by atoms with Crippen molar-refractivity contribution in [3.05, 3.63) is 53.7 Å². The van der Waals surface area contributed by atoms with Crippen LogP contribution in [0.5, 0.6) is 0 Å². The number of rotatable bonds is 11. The van der Waals surface area contributed by atoms with Gasteiger partial charge < -0.3 is 9.80 Å². The molecule has 34 heavy (non-hydrogen) atoms.